The number of hydrogen-bond acceptors (Lipinski definition) is 20. The van der Waals surface area contributed by atoms with Gasteiger partial charge in [-0.3, -0.25) is 43.2 Å². The summed E-state index contributed by atoms with van der Waals surface area (Å²) in [5, 5.41) is 0. The average molecular weight is 723 g/mol. The van der Waals surface area contributed by atoms with Crippen molar-refractivity contribution in [2.45, 2.75) is 117 Å². The van der Waals surface area contributed by atoms with Crippen LogP contribution in [0.15, 0.2) is 0 Å². The highest BCUT2D eigenvalue weighted by Crippen LogP contribution is 2.31. The Morgan fingerprint density at radius 1 is 0.460 bits per heavy atom. The lowest BCUT2D eigenvalue weighted by atomic mass is 9.98. The van der Waals surface area contributed by atoms with Gasteiger partial charge in [0.05, 0.1) is 6.61 Å². The van der Waals surface area contributed by atoms with E-state index < -0.39 is 129 Å². The summed E-state index contributed by atoms with van der Waals surface area (Å²) >= 11 is 0. The number of ether oxygens (including phenoxy) is 11. The number of carbonyl (C=O) groups excluding carboxylic acids is 9. The van der Waals surface area contributed by atoms with Crippen LogP contribution < -0.4 is 0 Å². The van der Waals surface area contributed by atoms with E-state index in [1.807, 2.05) is 0 Å². The number of carbonyl (C=O) groups is 9. The summed E-state index contributed by atoms with van der Waals surface area (Å²) in [6.07, 6.45) is -15.0. The van der Waals surface area contributed by atoms with E-state index in [2.05, 4.69) is 0 Å². The van der Waals surface area contributed by atoms with E-state index in [0.717, 1.165) is 62.3 Å². The standard InChI is InChI=1S/C30H42O20/c1-13(31)40-10-22(43-15(3)33)25(45-17(5)35)26(46-18(6)36)23(44-16(4)34)12-42-30-29(49-21(9)39)28(48-20(8)38)27(47-19(7)37)24(50-30)11-41-14(2)32/h22-30H,10-12H2,1-9H3/t22-,23+,24-,25-,26-,27-,28+,29-,30?/m1/s1. The van der Waals surface area contributed by atoms with Crippen molar-refractivity contribution in [1.29, 1.82) is 0 Å². The van der Waals surface area contributed by atoms with Gasteiger partial charge in [0.15, 0.2) is 49.0 Å². The van der Waals surface area contributed by atoms with Gasteiger partial charge in [-0.05, 0) is 0 Å². The minimum atomic E-state index is -1.84. The molecular formula is C30H42O20. The first-order chi connectivity index (χ1) is 23.2. The van der Waals surface area contributed by atoms with E-state index in [-0.39, 0.29) is 0 Å². The van der Waals surface area contributed by atoms with Crippen LogP contribution in [0.2, 0.25) is 0 Å². The molecule has 0 spiro atoms. The number of hydrogen-bond donors (Lipinski definition) is 0. The maximum atomic E-state index is 12.3. The predicted octanol–water partition coefficient (Wildman–Crippen LogP) is -0.624. The van der Waals surface area contributed by atoms with Crippen molar-refractivity contribution in [1.82, 2.24) is 0 Å². The Labute approximate surface area is 286 Å². The third-order valence-electron chi connectivity index (χ3n) is 6.12. The van der Waals surface area contributed by atoms with Gasteiger partial charge in [0.25, 0.3) is 0 Å². The smallest absolute Gasteiger partial charge is 0.303 e. The zero-order valence-electron chi connectivity index (χ0n) is 29.0. The highest BCUT2D eigenvalue weighted by Gasteiger charge is 2.53. The van der Waals surface area contributed by atoms with E-state index in [9.17, 15) is 43.2 Å². The van der Waals surface area contributed by atoms with Crippen LogP contribution in [-0.4, -0.2) is 129 Å². The molecule has 0 aromatic rings. The molecule has 1 saturated heterocycles. The largest absolute Gasteiger partial charge is 0.463 e. The molecule has 1 unspecified atom stereocenters. The maximum Gasteiger partial charge on any atom is 0.303 e. The van der Waals surface area contributed by atoms with Gasteiger partial charge in [-0.15, -0.1) is 0 Å². The summed E-state index contributed by atoms with van der Waals surface area (Å²) in [6, 6.07) is 0. The zero-order chi connectivity index (χ0) is 38.3. The van der Waals surface area contributed by atoms with Crippen LogP contribution in [0.1, 0.15) is 62.3 Å². The molecule has 0 N–H and O–H groups in total. The van der Waals surface area contributed by atoms with Gasteiger partial charge in [-0.2, -0.15) is 0 Å². The predicted molar refractivity (Wildman–Crippen MR) is 157 cm³/mol. The Balaban J connectivity index is 3.76. The fourth-order valence-electron chi connectivity index (χ4n) is 4.62. The van der Waals surface area contributed by atoms with Crippen molar-refractivity contribution in [2.75, 3.05) is 19.8 Å². The minimum absolute atomic E-state index is 0.587. The monoisotopic (exact) mass is 722 g/mol. The summed E-state index contributed by atoms with van der Waals surface area (Å²) in [4.78, 5) is 108. The van der Waals surface area contributed by atoms with Crippen molar-refractivity contribution >= 4 is 53.7 Å². The molecule has 50 heavy (non-hydrogen) atoms. The molecule has 0 amide bonds. The van der Waals surface area contributed by atoms with Crippen LogP contribution in [0.5, 0.6) is 0 Å². The number of rotatable bonds is 17. The lowest BCUT2D eigenvalue weighted by molar-refractivity contribution is -0.313. The van der Waals surface area contributed by atoms with Crippen molar-refractivity contribution in [3.63, 3.8) is 0 Å². The van der Waals surface area contributed by atoms with E-state index in [1.165, 1.54) is 0 Å². The molecule has 9 atom stereocenters. The van der Waals surface area contributed by atoms with Crippen molar-refractivity contribution in [3.05, 3.63) is 0 Å². The van der Waals surface area contributed by atoms with Gasteiger partial charge in [-0.1, -0.05) is 0 Å². The van der Waals surface area contributed by atoms with Crippen LogP contribution in [0.3, 0.4) is 0 Å². The quantitative estimate of drug-likeness (QED) is 0.134. The third-order valence-corrected chi connectivity index (χ3v) is 6.12. The van der Waals surface area contributed by atoms with E-state index >= 15 is 0 Å². The number of esters is 9. The Morgan fingerprint density at radius 3 is 1.26 bits per heavy atom. The minimum Gasteiger partial charge on any atom is -0.463 e. The van der Waals surface area contributed by atoms with Gasteiger partial charge in [-0.25, -0.2) is 0 Å². The fraction of sp³-hybridized carbons (Fsp3) is 0.700. The molecule has 1 aliphatic rings. The topological polar surface area (TPSA) is 255 Å². The molecular weight excluding hydrogens is 680 g/mol. The molecule has 20 heteroatoms. The van der Waals surface area contributed by atoms with Gasteiger partial charge in [0.1, 0.15) is 19.3 Å². The third kappa shape index (κ3) is 15.6. The molecule has 1 rings (SSSR count). The molecule has 282 valence electrons. The molecule has 0 bridgehead atoms. The lowest BCUT2D eigenvalue weighted by Gasteiger charge is -2.44. The molecule has 1 aliphatic heterocycles. The van der Waals surface area contributed by atoms with Crippen molar-refractivity contribution in [3.8, 4) is 0 Å². The molecule has 1 fully saturated rings. The second kappa shape index (κ2) is 20.6. The van der Waals surface area contributed by atoms with Crippen LogP contribution in [0, 0.1) is 0 Å². The Bertz CT molecular complexity index is 1260. The first-order valence-electron chi connectivity index (χ1n) is 15.0. The Kier molecular flexibility index (Phi) is 17.8. The van der Waals surface area contributed by atoms with Crippen LogP contribution in [0.25, 0.3) is 0 Å². The second-order valence-corrected chi connectivity index (χ2v) is 10.6. The summed E-state index contributed by atoms with van der Waals surface area (Å²) < 4.78 is 59.0. The molecule has 20 nitrogen and oxygen atoms in total. The van der Waals surface area contributed by atoms with Crippen LogP contribution >= 0.6 is 0 Å². The normalized spacial score (nSPS) is 22.1. The summed E-state index contributed by atoms with van der Waals surface area (Å²) in [5.41, 5.74) is 0. The first kappa shape index (κ1) is 43.2. The summed E-state index contributed by atoms with van der Waals surface area (Å²) in [5.74, 6) is -8.25. The summed E-state index contributed by atoms with van der Waals surface area (Å²) in [7, 11) is 0. The molecule has 0 radical (unpaired) electrons. The maximum absolute atomic E-state index is 12.3. The van der Waals surface area contributed by atoms with Gasteiger partial charge in [0, 0.05) is 62.3 Å². The summed E-state index contributed by atoms with van der Waals surface area (Å²) in [6.45, 7) is 6.88. The SMILES string of the molecule is CC(=O)OC[C@@H](OC(C)=O)[C@@H](OC(C)=O)[C@H](OC(C)=O)[C@H](COC1O[C@H](COC(C)=O)[C@@H](OC(C)=O)[C@H](OC(C)=O)[C@H]1OC(C)=O)OC(C)=O. The highest BCUT2D eigenvalue weighted by atomic mass is 16.7. The van der Waals surface area contributed by atoms with E-state index in [4.69, 9.17) is 52.1 Å². The average Bonchev–Trinajstić information content (AvgIpc) is 2.95. The van der Waals surface area contributed by atoms with Gasteiger partial charge in [0.2, 0.25) is 0 Å². The van der Waals surface area contributed by atoms with Crippen LogP contribution in [0.4, 0.5) is 0 Å². The molecule has 0 aliphatic carbocycles. The molecule has 0 aromatic carbocycles. The lowest BCUT2D eigenvalue weighted by Crippen LogP contribution is -2.63. The van der Waals surface area contributed by atoms with E-state index in [1.54, 1.807) is 0 Å². The van der Waals surface area contributed by atoms with E-state index in [0.29, 0.717) is 0 Å². The van der Waals surface area contributed by atoms with Gasteiger partial charge < -0.3 is 52.1 Å². The fourth-order valence-corrected chi connectivity index (χ4v) is 4.62. The first-order valence-corrected chi connectivity index (χ1v) is 15.0. The molecule has 0 saturated carbocycles. The van der Waals surface area contributed by atoms with Crippen LogP contribution in [-0.2, 0) is 95.3 Å². The highest BCUT2D eigenvalue weighted by molar-refractivity contribution is 5.70. The Morgan fingerprint density at radius 2 is 0.860 bits per heavy atom. The second-order valence-electron chi connectivity index (χ2n) is 10.6. The van der Waals surface area contributed by atoms with Gasteiger partial charge >= 0.3 is 53.7 Å². The van der Waals surface area contributed by atoms with Crippen molar-refractivity contribution in [2.24, 2.45) is 0 Å². The zero-order valence-corrected chi connectivity index (χ0v) is 29.0. The van der Waals surface area contributed by atoms with Crippen molar-refractivity contribution < 1.29 is 95.3 Å². The molecule has 0 aromatic heterocycles. The molecule has 1 heterocycles. The Hall–Kier alpha value is -4.85.